The van der Waals surface area contributed by atoms with Crippen molar-refractivity contribution >= 4 is 11.8 Å². The number of anilines is 1. The largest absolute Gasteiger partial charge is 0.464 e. The zero-order valence-corrected chi connectivity index (χ0v) is 12.0. The first kappa shape index (κ1) is 15.5. The highest BCUT2D eigenvalue weighted by molar-refractivity contribution is 5.69. The average Bonchev–Trinajstić information content (AvgIpc) is 2.44. The fraction of sp³-hybridized carbons (Fsp3) is 0.600. The SMILES string of the molecule is CCCCCCC(=O)OCCN(C)c1ccccn1. The molecule has 0 unspecified atom stereocenters. The van der Waals surface area contributed by atoms with Crippen LogP contribution in [0.25, 0.3) is 0 Å². The maximum absolute atomic E-state index is 11.5. The first-order valence-corrected chi connectivity index (χ1v) is 7.02. The second-order valence-electron chi connectivity index (χ2n) is 4.64. The van der Waals surface area contributed by atoms with E-state index in [4.69, 9.17) is 4.74 Å². The topological polar surface area (TPSA) is 42.4 Å². The van der Waals surface area contributed by atoms with Gasteiger partial charge >= 0.3 is 5.97 Å². The molecule has 1 heterocycles. The van der Waals surface area contributed by atoms with E-state index in [2.05, 4.69) is 11.9 Å². The molecule has 1 aromatic heterocycles. The molecule has 0 aliphatic carbocycles. The summed E-state index contributed by atoms with van der Waals surface area (Å²) in [6.45, 7) is 3.24. The Kier molecular flexibility index (Phi) is 7.63. The second kappa shape index (κ2) is 9.36. The Hall–Kier alpha value is -1.58. The van der Waals surface area contributed by atoms with Gasteiger partial charge in [0.1, 0.15) is 12.4 Å². The molecule has 1 aromatic rings. The van der Waals surface area contributed by atoms with Crippen LogP contribution < -0.4 is 4.90 Å². The molecule has 0 aromatic carbocycles. The Labute approximate surface area is 115 Å². The predicted molar refractivity (Wildman–Crippen MR) is 77.2 cm³/mol. The zero-order valence-electron chi connectivity index (χ0n) is 12.0. The molecule has 0 aliphatic rings. The third kappa shape index (κ3) is 6.79. The van der Waals surface area contributed by atoms with Gasteiger partial charge in [-0.1, -0.05) is 32.3 Å². The van der Waals surface area contributed by atoms with Crippen LogP contribution >= 0.6 is 0 Å². The number of hydrogen-bond acceptors (Lipinski definition) is 4. The standard InChI is InChI=1S/C15H24N2O2/c1-3-4-5-6-10-15(18)19-13-12-17(2)14-9-7-8-11-16-14/h7-9,11H,3-6,10,12-13H2,1-2H3. The summed E-state index contributed by atoms with van der Waals surface area (Å²) in [6, 6.07) is 5.76. The first-order valence-electron chi connectivity index (χ1n) is 7.02. The number of likely N-dealkylation sites (N-methyl/N-ethyl adjacent to an activating group) is 1. The van der Waals surface area contributed by atoms with E-state index in [-0.39, 0.29) is 5.97 Å². The summed E-state index contributed by atoms with van der Waals surface area (Å²) in [5.74, 6) is 0.798. The van der Waals surface area contributed by atoms with Crippen LogP contribution in [0.4, 0.5) is 5.82 Å². The van der Waals surface area contributed by atoms with E-state index in [1.54, 1.807) is 6.20 Å². The van der Waals surface area contributed by atoms with E-state index in [0.717, 1.165) is 18.7 Å². The lowest BCUT2D eigenvalue weighted by Gasteiger charge is -2.17. The maximum Gasteiger partial charge on any atom is 0.305 e. The highest BCUT2D eigenvalue weighted by Gasteiger charge is 2.05. The molecule has 0 saturated heterocycles. The van der Waals surface area contributed by atoms with Crippen LogP contribution in [0.15, 0.2) is 24.4 Å². The number of rotatable bonds is 9. The minimum Gasteiger partial charge on any atom is -0.464 e. The lowest BCUT2D eigenvalue weighted by molar-refractivity contribution is -0.143. The van der Waals surface area contributed by atoms with Crippen LogP contribution in [0.3, 0.4) is 0 Å². The Balaban J connectivity index is 2.11. The normalized spacial score (nSPS) is 10.2. The number of ether oxygens (including phenoxy) is 1. The number of nitrogens with zero attached hydrogens (tertiary/aromatic N) is 2. The smallest absolute Gasteiger partial charge is 0.305 e. The number of aromatic nitrogens is 1. The molecular formula is C15H24N2O2. The van der Waals surface area contributed by atoms with Crippen LogP contribution in [0, 0.1) is 0 Å². The molecule has 0 bridgehead atoms. The van der Waals surface area contributed by atoms with Crippen molar-refractivity contribution in [2.75, 3.05) is 25.1 Å². The lowest BCUT2D eigenvalue weighted by atomic mass is 10.2. The van der Waals surface area contributed by atoms with Crippen molar-refractivity contribution in [3.05, 3.63) is 24.4 Å². The average molecular weight is 264 g/mol. The Morgan fingerprint density at radius 3 is 2.84 bits per heavy atom. The number of unbranched alkanes of at least 4 members (excludes halogenated alkanes) is 3. The van der Waals surface area contributed by atoms with Gasteiger partial charge in [-0.25, -0.2) is 4.98 Å². The van der Waals surface area contributed by atoms with Gasteiger partial charge in [-0.2, -0.15) is 0 Å². The van der Waals surface area contributed by atoms with Crippen molar-refractivity contribution in [2.24, 2.45) is 0 Å². The van der Waals surface area contributed by atoms with Crippen LogP contribution in [0.5, 0.6) is 0 Å². The zero-order chi connectivity index (χ0) is 13.9. The van der Waals surface area contributed by atoms with Crippen molar-refractivity contribution < 1.29 is 9.53 Å². The van der Waals surface area contributed by atoms with Gasteiger partial charge in [-0.3, -0.25) is 4.79 Å². The van der Waals surface area contributed by atoms with Gasteiger partial charge in [0, 0.05) is 19.7 Å². The molecule has 0 atom stereocenters. The third-order valence-corrected chi connectivity index (χ3v) is 2.96. The number of carbonyl (C=O) groups is 1. The summed E-state index contributed by atoms with van der Waals surface area (Å²) in [4.78, 5) is 17.7. The van der Waals surface area contributed by atoms with Crippen molar-refractivity contribution in [1.82, 2.24) is 4.98 Å². The molecule has 0 spiro atoms. The van der Waals surface area contributed by atoms with Crippen molar-refractivity contribution in [3.63, 3.8) is 0 Å². The van der Waals surface area contributed by atoms with Gasteiger partial charge in [0.15, 0.2) is 0 Å². The first-order chi connectivity index (χ1) is 9.24. The minimum atomic E-state index is -0.0921. The molecule has 0 fully saturated rings. The van der Waals surface area contributed by atoms with E-state index in [1.807, 2.05) is 30.1 Å². The molecule has 0 saturated carbocycles. The molecule has 1 rings (SSSR count). The molecule has 4 heteroatoms. The molecule has 4 nitrogen and oxygen atoms in total. The van der Waals surface area contributed by atoms with Gasteiger partial charge in [0.05, 0.1) is 6.54 Å². The van der Waals surface area contributed by atoms with Crippen LogP contribution in [-0.2, 0) is 9.53 Å². The summed E-state index contributed by atoms with van der Waals surface area (Å²) in [6.07, 6.45) is 6.71. The van der Waals surface area contributed by atoms with Gasteiger partial charge in [0.25, 0.3) is 0 Å². The molecule has 0 aliphatic heterocycles. The fourth-order valence-electron chi connectivity index (χ4n) is 1.76. The van der Waals surface area contributed by atoms with Crippen molar-refractivity contribution in [3.8, 4) is 0 Å². The number of hydrogen-bond donors (Lipinski definition) is 0. The minimum absolute atomic E-state index is 0.0921. The fourth-order valence-corrected chi connectivity index (χ4v) is 1.76. The monoisotopic (exact) mass is 264 g/mol. The van der Waals surface area contributed by atoms with E-state index < -0.39 is 0 Å². The molecule has 0 N–H and O–H groups in total. The van der Waals surface area contributed by atoms with E-state index in [9.17, 15) is 4.79 Å². The summed E-state index contributed by atoms with van der Waals surface area (Å²) in [5, 5.41) is 0. The summed E-state index contributed by atoms with van der Waals surface area (Å²) in [7, 11) is 1.94. The van der Waals surface area contributed by atoms with Crippen molar-refractivity contribution in [2.45, 2.75) is 39.0 Å². The second-order valence-corrected chi connectivity index (χ2v) is 4.64. The van der Waals surface area contributed by atoms with Gasteiger partial charge in [-0.15, -0.1) is 0 Å². The highest BCUT2D eigenvalue weighted by atomic mass is 16.5. The Morgan fingerprint density at radius 2 is 2.16 bits per heavy atom. The van der Waals surface area contributed by atoms with Crippen LogP contribution in [-0.4, -0.2) is 31.2 Å². The number of carbonyl (C=O) groups excluding carboxylic acids is 1. The Morgan fingerprint density at radius 1 is 1.32 bits per heavy atom. The summed E-state index contributed by atoms with van der Waals surface area (Å²) in [5.41, 5.74) is 0. The molecule has 0 amide bonds. The van der Waals surface area contributed by atoms with E-state index >= 15 is 0 Å². The Bertz CT molecular complexity index is 354. The van der Waals surface area contributed by atoms with E-state index in [0.29, 0.717) is 19.6 Å². The van der Waals surface area contributed by atoms with Gasteiger partial charge in [-0.05, 0) is 18.6 Å². The predicted octanol–water partition coefficient (Wildman–Crippen LogP) is 3.03. The maximum atomic E-state index is 11.5. The van der Waals surface area contributed by atoms with Gasteiger partial charge < -0.3 is 9.64 Å². The molecule has 19 heavy (non-hydrogen) atoms. The van der Waals surface area contributed by atoms with Gasteiger partial charge in [0.2, 0.25) is 0 Å². The third-order valence-electron chi connectivity index (χ3n) is 2.96. The lowest BCUT2D eigenvalue weighted by Crippen LogP contribution is -2.24. The van der Waals surface area contributed by atoms with Crippen LogP contribution in [0.2, 0.25) is 0 Å². The number of pyridine rings is 1. The molecule has 0 radical (unpaired) electrons. The van der Waals surface area contributed by atoms with Crippen molar-refractivity contribution in [1.29, 1.82) is 0 Å². The quantitative estimate of drug-likeness (QED) is 0.508. The molecular weight excluding hydrogens is 240 g/mol. The highest BCUT2D eigenvalue weighted by Crippen LogP contribution is 2.06. The molecule has 106 valence electrons. The van der Waals surface area contributed by atoms with E-state index in [1.165, 1.54) is 12.8 Å². The summed E-state index contributed by atoms with van der Waals surface area (Å²) < 4.78 is 5.21. The summed E-state index contributed by atoms with van der Waals surface area (Å²) >= 11 is 0. The number of esters is 1. The van der Waals surface area contributed by atoms with Crippen LogP contribution in [0.1, 0.15) is 39.0 Å².